The monoisotopic (exact) mass is 340 g/mol. The van der Waals surface area contributed by atoms with E-state index in [0.717, 1.165) is 17.7 Å². The molecule has 2 rings (SSSR count). The van der Waals surface area contributed by atoms with E-state index in [0.29, 0.717) is 5.75 Å². The summed E-state index contributed by atoms with van der Waals surface area (Å²) in [5.41, 5.74) is 1.02. The van der Waals surface area contributed by atoms with Gasteiger partial charge < -0.3 is 9.47 Å². The van der Waals surface area contributed by atoms with Crippen LogP contribution in [0, 0.1) is 5.82 Å². The highest BCUT2D eigenvalue weighted by Crippen LogP contribution is 2.25. The highest BCUT2D eigenvalue weighted by Gasteiger charge is 2.32. The summed E-state index contributed by atoms with van der Waals surface area (Å²) in [7, 11) is 1.55. The molecular formula is C16H12F4N2O2. The van der Waals surface area contributed by atoms with Gasteiger partial charge in [-0.1, -0.05) is 0 Å². The van der Waals surface area contributed by atoms with E-state index in [-0.39, 0.29) is 5.56 Å². The highest BCUT2D eigenvalue weighted by atomic mass is 19.4. The van der Waals surface area contributed by atoms with Gasteiger partial charge in [0.05, 0.1) is 19.5 Å². The van der Waals surface area contributed by atoms with Crippen LogP contribution in [0.4, 0.5) is 17.6 Å². The first-order chi connectivity index (χ1) is 11.4. The molecule has 0 aliphatic heterocycles. The number of methoxy groups -OCH3 is 1. The third-order valence-electron chi connectivity index (χ3n) is 2.78. The van der Waals surface area contributed by atoms with Gasteiger partial charge in [-0.2, -0.15) is 10.2 Å². The SMILES string of the molecule is COc1ccc(C=NN=Cc2ccc(OC(F)(F)F)c(F)c2)cc1. The fourth-order valence-corrected chi connectivity index (χ4v) is 1.69. The maximum Gasteiger partial charge on any atom is 0.573 e. The van der Waals surface area contributed by atoms with Crippen molar-refractivity contribution in [1.82, 2.24) is 0 Å². The van der Waals surface area contributed by atoms with Crippen LogP contribution in [0.3, 0.4) is 0 Å². The third kappa shape index (κ3) is 5.38. The van der Waals surface area contributed by atoms with Crippen LogP contribution in [-0.2, 0) is 0 Å². The smallest absolute Gasteiger partial charge is 0.497 e. The summed E-state index contributed by atoms with van der Waals surface area (Å²) in [5, 5.41) is 7.48. The van der Waals surface area contributed by atoms with E-state index in [4.69, 9.17) is 4.74 Å². The molecule has 8 heteroatoms. The Hall–Kier alpha value is -2.90. The molecule has 2 aromatic rings. The average Bonchev–Trinajstić information content (AvgIpc) is 2.53. The molecule has 126 valence electrons. The van der Waals surface area contributed by atoms with Crippen molar-refractivity contribution < 1.29 is 27.0 Å². The minimum atomic E-state index is -4.95. The lowest BCUT2D eigenvalue weighted by Crippen LogP contribution is -2.18. The maximum absolute atomic E-state index is 13.5. The molecule has 4 nitrogen and oxygen atoms in total. The van der Waals surface area contributed by atoms with E-state index in [1.54, 1.807) is 31.4 Å². The Kier molecular flexibility index (Phi) is 5.51. The normalized spacial score (nSPS) is 12.0. The van der Waals surface area contributed by atoms with Gasteiger partial charge >= 0.3 is 6.36 Å². The Morgan fingerprint density at radius 3 is 2.04 bits per heavy atom. The van der Waals surface area contributed by atoms with Crippen LogP contribution in [0.2, 0.25) is 0 Å². The fraction of sp³-hybridized carbons (Fsp3) is 0.125. The predicted molar refractivity (Wildman–Crippen MR) is 81.3 cm³/mol. The standard InChI is InChI=1S/C16H12F4N2O2/c1-23-13-5-2-11(3-6-13)9-21-22-10-12-4-7-15(14(17)8-12)24-16(18,19)20/h2-10H,1H3. The van der Waals surface area contributed by atoms with Crippen LogP contribution in [-0.4, -0.2) is 25.9 Å². The lowest BCUT2D eigenvalue weighted by atomic mass is 10.2. The van der Waals surface area contributed by atoms with Crippen molar-refractivity contribution in [2.75, 3.05) is 7.11 Å². The van der Waals surface area contributed by atoms with E-state index in [2.05, 4.69) is 14.9 Å². The van der Waals surface area contributed by atoms with Gasteiger partial charge in [0, 0.05) is 0 Å². The molecule has 0 fully saturated rings. The van der Waals surface area contributed by atoms with Crippen LogP contribution in [0.25, 0.3) is 0 Å². The van der Waals surface area contributed by atoms with Crippen molar-refractivity contribution in [2.24, 2.45) is 10.2 Å². The van der Waals surface area contributed by atoms with E-state index < -0.39 is 17.9 Å². The Morgan fingerprint density at radius 1 is 0.917 bits per heavy atom. The molecule has 0 bridgehead atoms. The van der Waals surface area contributed by atoms with Gasteiger partial charge in [-0.15, -0.1) is 13.2 Å². The average molecular weight is 340 g/mol. The molecular weight excluding hydrogens is 328 g/mol. The molecule has 0 saturated carbocycles. The number of benzene rings is 2. The number of nitrogens with zero attached hydrogens (tertiary/aromatic N) is 2. The quantitative estimate of drug-likeness (QED) is 0.465. The van der Waals surface area contributed by atoms with Crippen molar-refractivity contribution in [1.29, 1.82) is 0 Å². The Balaban J connectivity index is 2.01. The fourth-order valence-electron chi connectivity index (χ4n) is 1.69. The summed E-state index contributed by atoms with van der Waals surface area (Å²) >= 11 is 0. The van der Waals surface area contributed by atoms with E-state index in [1.165, 1.54) is 18.5 Å². The minimum Gasteiger partial charge on any atom is -0.497 e. The summed E-state index contributed by atoms with van der Waals surface area (Å²) in [6, 6.07) is 10.0. The molecule has 0 aliphatic rings. The van der Waals surface area contributed by atoms with E-state index in [9.17, 15) is 17.6 Å². The van der Waals surface area contributed by atoms with Gasteiger partial charge in [0.15, 0.2) is 11.6 Å². The van der Waals surface area contributed by atoms with Crippen LogP contribution in [0.1, 0.15) is 11.1 Å². The van der Waals surface area contributed by atoms with Gasteiger partial charge in [0.25, 0.3) is 0 Å². The highest BCUT2D eigenvalue weighted by molar-refractivity contribution is 5.82. The van der Waals surface area contributed by atoms with Crippen molar-refractivity contribution in [3.05, 3.63) is 59.4 Å². The lowest BCUT2D eigenvalue weighted by Gasteiger charge is -2.09. The van der Waals surface area contributed by atoms with E-state index >= 15 is 0 Å². The van der Waals surface area contributed by atoms with Crippen LogP contribution >= 0.6 is 0 Å². The molecule has 0 atom stereocenters. The van der Waals surface area contributed by atoms with Crippen LogP contribution < -0.4 is 9.47 Å². The number of ether oxygens (including phenoxy) is 2. The van der Waals surface area contributed by atoms with Gasteiger partial charge in [0.2, 0.25) is 0 Å². The molecule has 0 radical (unpaired) electrons. The zero-order valence-corrected chi connectivity index (χ0v) is 12.4. The molecule has 2 aromatic carbocycles. The molecule has 0 aromatic heterocycles. The summed E-state index contributed by atoms with van der Waals surface area (Å²) in [6.45, 7) is 0. The molecule has 0 spiro atoms. The molecule has 0 amide bonds. The Bertz CT molecular complexity index is 741. The first-order valence-electron chi connectivity index (χ1n) is 6.63. The number of rotatable bonds is 5. The molecule has 24 heavy (non-hydrogen) atoms. The zero-order chi connectivity index (χ0) is 17.6. The van der Waals surface area contributed by atoms with Gasteiger partial charge in [-0.05, 0) is 53.6 Å². The maximum atomic E-state index is 13.5. The van der Waals surface area contributed by atoms with Crippen molar-refractivity contribution in [3.8, 4) is 11.5 Å². The van der Waals surface area contributed by atoms with E-state index in [1.807, 2.05) is 0 Å². The van der Waals surface area contributed by atoms with Gasteiger partial charge in [-0.3, -0.25) is 0 Å². The lowest BCUT2D eigenvalue weighted by molar-refractivity contribution is -0.275. The Labute approximate surface area is 135 Å². The topological polar surface area (TPSA) is 43.2 Å². The second-order valence-electron chi connectivity index (χ2n) is 4.50. The second kappa shape index (κ2) is 7.58. The van der Waals surface area contributed by atoms with Crippen LogP contribution in [0.5, 0.6) is 11.5 Å². The summed E-state index contributed by atoms with van der Waals surface area (Å²) < 4.78 is 58.1. The second-order valence-corrected chi connectivity index (χ2v) is 4.50. The zero-order valence-electron chi connectivity index (χ0n) is 12.4. The molecule has 0 aliphatic carbocycles. The number of halogens is 4. The largest absolute Gasteiger partial charge is 0.573 e. The predicted octanol–water partition coefficient (Wildman–Crippen LogP) is 4.19. The summed E-state index contributed by atoms with van der Waals surface area (Å²) in [5.74, 6) is -1.34. The third-order valence-corrected chi connectivity index (χ3v) is 2.78. The minimum absolute atomic E-state index is 0.244. The summed E-state index contributed by atoms with van der Waals surface area (Å²) in [6.07, 6.45) is -2.27. The van der Waals surface area contributed by atoms with Crippen LogP contribution in [0.15, 0.2) is 52.7 Å². The first-order valence-corrected chi connectivity index (χ1v) is 6.63. The number of hydrogen-bond acceptors (Lipinski definition) is 4. The summed E-state index contributed by atoms with van der Waals surface area (Å²) in [4.78, 5) is 0. The number of hydrogen-bond donors (Lipinski definition) is 0. The Morgan fingerprint density at radius 2 is 1.50 bits per heavy atom. The van der Waals surface area contributed by atoms with Crippen molar-refractivity contribution >= 4 is 12.4 Å². The number of alkyl halides is 3. The van der Waals surface area contributed by atoms with Gasteiger partial charge in [-0.25, -0.2) is 4.39 Å². The van der Waals surface area contributed by atoms with Gasteiger partial charge in [0.1, 0.15) is 5.75 Å². The molecule has 0 N–H and O–H groups in total. The van der Waals surface area contributed by atoms with Crippen molar-refractivity contribution in [3.63, 3.8) is 0 Å². The molecule has 0 unspecified atom stereocenters. The van der Waals surface area contributed by atoms with Crippen molar-refractivity contribution in [2.45, 2.75) is 6.36 Å². The molecule has 0 heterocycles. The molecule has 0 saturated heterocycles. The first kappa shape index (κ1) is 17.5.